The number of nitrogens with one attached hydrogen (secondary N) is 4. The van der Waals surface area contributed by atoms with Gasteiger partial charge in [-0.1, -0.05) is 74.5 Å². The first-order chi connectivity index (χ1) is 29.1. The highest BCUT2D eigenvalue weighted by molar-refractivity contribution is 5.98. The normalized spacial score (nSPS) is 22.9. The van der Waals surface area contributed by atoms with Crippen LogP contribution in [0.2, 0.25) is 0 Å². The number of aromatic nitrogens is 1. The summed E-state index contributed by atoms with van der Waals surface area (Å²) < 4.78 is 0. The SMILES string of the molecule is CC(C)[C@@H]1NC(=O)[C@H](CCCCN)NC(=O)[C@@H](Cc2c[nH]c3ccccc23)N(C)C(=O)[C@H](Cc2ccc(O)cc2)NC(=O)[C@H](C)N(C)C(=O)[C@H](Cc2ccccc2)N(C)C1=O. The van der Waals surface area contributed by atoms with Crippen LogP contribution in [-0.2, 0) is 48.0 Å². The minimum absolute atomic E-state index is 0.0171. The van der Waals surface area contributed by atoms with Crippen molar-refractivity contribution in [1.29, 1.82) is 0 Å². The summed E-state index contributed by atoms with van der Waals surface area (Å²) in [5, 5.41) is 19.5. The van der Waals surface area contributed by atoms with Crippen LogP contribution in [0.5, 0.6) is 5.75 Å². The van der Waals surface area contributed by atoms with Crippen molar-refractivity contribution >= 4 is 46.3 Å². The summed E-state index contributed by atoms with van der Waals surface area (Å²) in [6.07, 6.45) is 3.16. The van der Waals surface area contributed by atoms with Gasteiger partial charge in [0.15, 0.2) is 0 Å². The zero-order chi connectivity index (χ0) is 44.4. The number of fused-ring (bicyclic) bond motifs is 1. The molecule has 7 N–H and O–H groups in total. The molecule has 6 amide bonds. The molecule has 1 aliphatic heterocycles. The second-order valence-electron chi connectivity index (χ2n) is 16.3. The van der Waals surface area contributed by atoms with Crippen LogP contribution >= 0.6 is 0 Å². The van der Waals surface area contributed by atoms with Crippen molar-refractivity contribution in [2.45, 2.75) is 95.5 Å². The fourth-order valence-corrected chi connectivity index (χ4v) is 7.67. The third-order valence-electron chi connectivity index (χ3n) is 11.7. The Balaban J connectivity index is 1.62. The van der Waals surface area contributed by atoms with Crippen molar-refractivity contribution in [1.82, 2.24) is 35.6 Å². The molecule has 15 nitrogen and oxygen atoms in total. The molecule has 3 aromatic carbocycles. The Morgan fingerprint density at radius 2 is 1.26 bits per heavy atom. The van der Waals surface area contributed by atoms with Gasteiger partial charge in [-0.3, -0.25) is 28.8 Å². The predicted molar refractivity (Wildman–Crippen MR) is 233 cm³/mol. The zero-order valence-electron chi connectivity index (χ0n) is 35.9. The third-order valence-corrected chi connectivity index (χ3v) is 11.7. The highest BCUT2D eigenvalue weighted by Crippen LogP contribution is 2.23. The van der Waals surface area contributed by atoms with E-state index in [1.54, 1.807) is 32.2 Å². The van der Waals surface area contributed by atoms with E-state index < -0.39 is 77.6 Å². The molecule has 0 spiro atoms. The van der Waals surface area contributed by atoms with Crippen molar-refractivity contribution in [2.24, 2.45) is 11.7 Å². The summed E-state index contributed by atoms with van der Waals surface area (Å²) in [6.45, 7) is 5.46. The molecule has 4 aromatic rings. The molecular weight excluding hydrogens is 777 g/mol. The number of para-hydroxylation sites is 1. The van der Waals surface area contributed by atoms with Gasteiger partial charge in [0.1, 0.15) is 42.0 Å². The molecular formula is C46H60N8O7. The fourth-order valence-electron chi connectivity index (χ4n) is 7.67. The number of aromatic hydroxyl groups is 1. The summed E-state index contributed by atoms with van der Waals surface area (Å²) in [5.41, 5.74) is 8.78. The van der Waals surface area contributed by atoms with Gasteiger partial charge < -0.3 is 46.5 Å². The minimum Gasteiger partial charge on any atom is -0.508 e. The maximum atomic E-state index is 14.8. The summed E-state index contributed by atoms with van der Waals surface area (Å²) >= 11 is 0. The van der Waals surface area contributed by atoms with Crippen LogP contribution < -0.4 is 21.7 Å². The van der Waals surface area contributed by atoms with Crippen LogP contribution in [0, 0.1) is 5.92 Å². The highest BCUT2D eigenvalue weighted by Gasteiger charge is 2.40. The Hall–Kier alpha value is -6.22. The molecule has 326 valence electrons. The number of H-pyrrole nitrogens is 1. The molecule has 1 saturated heterocycles. The Labute approximate surface area is 357 Å². The molecule has 0 saturated carbocycles. The average molecular weight is 837 g/mol. The van der Waals surface area contributed by atoms with E-state index in [1.165, 1.54) is 54.9 Å². The number of likely N-dealkylation sites (N-methyl/N-ethyl adjacent to an activating group) is 3. The second kappa shape index (κ2) is 20.8. The Bertz CT molecular complexity index is 2160. The third kappa shape index (κ3) is 11.3. The number of carbonyl (C=O) groups excluding carboxylic acids is 6. The van der Waals surface area contributed by atoms with Crippen molar-refractivity contribution in [3.63, 3.8) is 0 Å². The van der Waals surface area contributed by atoms with Gasteiger partial charge in [-0.25, -0.2) is 0 Å². The van der Waals surface area contributed by atoms with E-state index in [0.717, 1.165) is 22.0 Å². The van der Waals surface area contributed by atoms with Gasteiger partial charge in [0, 0.05) is 57.5 Å². The first kappa shape index (κ1) is 45.9. The summed E-state index contributed by atoms with van der Waals surface area (Å²) in [5.74, 6) is -3.90. The van der Waals surface area contributed by atoms with Crippen molar-refractivity contribution < 1.29 is 33.9 Å². The zero-order valence-corrected chi connectivity index (χ0v) is 35.9. The molecule has 0 unspecified atom stereocenters. The number of amides is 6. The van der Waals surface area contributed by atoms with Gasteiger partial charge in [0.05, 0.1) is 0 Å². The van der Waals surface area contributed by atoms with Crippen LogP contribution in [0.25, 0.3) is 10.9 Å². The topological polar surface area (TPSA) is 210 Å². The lowest BCUT2D eigenvalue weighted by molar-refractivity contribution is -0.150. The van der Waals surface area contributed by atoms with Crippen LogP contribution in [0.15, 0.2) is 85.1 Å². The Morgan fingerprint density at radius 1 is 0.639 bits per heavy atom. The van der Waals surface area contributed by atoms with E-state index >= 15 is 0 Å². The summed E-state index contributed by atoms with van der Waals surface area (Å²) in [6, 6.07) is 16.1. The number of nitrogens with two attached hydrogens (primary N) is 1. The van der Waals surface area contributed by atoms with E-state index in [2.05, 4.69) is 20.9 Å². The average Bonchev–Trinajstić information content (AvgIpc) is 3.67. The second-order valence-corrected chi connectivity index (χ2v) is 16.3. The lowest BCUT2D eigenvalue weighted by Crippen LogP contribution is -2.62. The number of benzene rings is 3. The van der Waals surface area contributed by atoms with Gasteiger partial charge in [0.2, 0.25) is 35.4 Å². The van der Waals surface area contributed by atoms with Crippen molar-refractivity contribution in [3.05, 3.63) is 102 Å². The number of rotatable bonds is 11. The van der Waals surface area contributed by atoms with E-state index in [1.807, 2.05) is 54.6 Å². The summed E-state index contributed by atoms with van der Waals surface area (Å²) in [7, 11) is 4.46. The molecule has 0 radical (unpaired) electrons. The molecule has 1 fully saturated rings. The van der Waals surface area contributed by atoms with E-state index in [9.17, 15) is 33.9 Å². The van der Waals surface area contributed by atoms with Gasteiger partial charge in [0.25, 0.3) is 0 Å². The highest BCUT2D eigenvalue weighted by atomic mass is 16.3. The molecule has 2 heterocycles. The quantitative estimate of drug-likeness (QED) is 0.124. The molecule has 1 aromatic heterocycles. The predicted octanol–water partition coefficient (Wildman–Crippen LogP) is 2.66. The molecule has 0 bridgehead atoms. The van der Waals surface area contributed by atoms with E-state index in [-0.39, 0.29) is 31.4 Å². The molecule has 15 heteroatoms. The van der Waals surface area contributed by atoms with Gasteiger partial charge >= 0.3 is 0 Å². The van der Waals surface area contributed by atoms with Gasteiger partial charge in [-0.15, -0.1) is 0 Å². The largest absolute Gasteiger partial charge is 0.508 e. The monoisotopic (exact) mass is 836 g/mol. The standard InChI is InChI=1S/C46H60N8O7/c1-28(2)40-46(61)54(6)39(25-30-14-8-7-9-15-30)45(60)52(4)29(3)41(56)50-37(24-31-19-21-33(55)22-20-31)44(59)53(5)38(26-32-27-48-35-17-11-10-16-34(32)35)43(58)49-36(42(57)51-40)18-12-13-23-47/h7-11,14-17,19-22,27-29,36-40,48,55H,12-13,18,23-26,47H2,1-6H3,(H,49,58)(H,50,56)(H,51,57)/t29-,36-,37-,38+,39-,40-/m0/s1. The molecule has 0 aliphatic carbocycles. The number of phenols is 1. The lowest BCUT2D eigenvalue weighted by Gasteiger charge is -2.37. The van der Waals surface area contributed by atoms with Crippen LogP contribution in [0.4, 0.5) is 0 Å². The van der Waals surface area contributed by atoms with Gasteiger partial charge in [-0.2, -0.15) is 0 Å². The van der Waals surface area contributed by atoms with Crippen LogP contribution in [0.3, 0.4) is 0 Å². The lowest BCUT2D eigenvalue weighted by atomic mass is 9.97. The minimum atomic E-state index is -1.23. The number of carbonyl (C=O) groups is 6. The van der Waals surface area contributed by atoms with Gasteiger partial charge in [-0.05, 0) is 73.5 Å². The smallest absolute Gasteiger partial charge is 0.246 e. The first-order valence-corrected chi connectivity index (χ1v) is 20.9. The first-order valence-electron chi connectivity index (χ1n) is 20.9. The maximum Gasteiger partial charge on any atom is 0.246 e. The molecule has 5 rings (SSSR count). The van der Waals surface area contributed by atoms with Crippen molar-refractivity contribution in [3.8, 4) is 5.75 Å². The number of hydrogen-bond donors (Lipinski definition) is 6. The fraction of sp³-hybridized carbons (Fsp3) is 0.435. The number of aromatic amines is 1. The van der Waals surface area contributed by atoms with E-state index in [4.69, 9.17) is 5.73 Å². The number of nitrogens with zero attached hydrogens (tertiary/aromatic N) is 3. The van der Waals surface area contributed by atoms with Crippen molar-refractivity contribution in [2.75, 3.05) is 27.7 Å². The van der Waals surface area contributed by atoms with Crippen LogP contribution in [-0.4, -0.2) is 124 Å². The summed E-state index contributed by atoms with van der Waals surface area (Å²) in [4.78, 5) is 94.2. The molecule has 61 heavy (non-hydrogen) atoms. The maximum absolute atomic E-state index is 14.8. The number of unbranched alkanes of at least 4 members (excludes halogenated alkanes) is 1. The Kier molecular flexibility index (Phi) is 15.7. The van der Waals surface area contributed by atoms with E-state index in [0.29, 0.717) is 24.9 Å². The molecule has 6 atom stereocenters. The number of phenolic OH excluding ortho intramolecular Hbond substituents is 1. The number of hydrogen-bond acceptors (Lipinski definition) is 8. The Morgan fingerprint density at radius 3 is 1.93 bits per heavy atom. The van der Waals surface area contributed by atoms with Crippen LogP contribution in [0.1, 0.15) is 56.7 Å². The molecule has 1 aliphatic rings.